The van der Waals surface area contributed by atoms with E-state index in [9.17, 15) is 0 Å². The molecule has 1 aromatic rings. The summed E-state index contributed by atoms with van der Waals surface area (Å²) in [5.74, 6) is 5.47. The minimum absolute atomic E-state index is 0.195. The Morgan fingerprint density at radius 1 is 1.10 bits per heavy atom. The van der Waals surface area contributed by atoms with Crippen molar-refractivity contribution in [3.8, 4) is 5.75 Å². The van der Waals surface area contributed by atoms with E-state index in [1.54, 1.807) is 0 Å². The molecule has 0 spiro atoms. The van der Waals surface area contributed by atoms with Crippen LogP contribution in [-0.2, 0) is 0 Å². The van der Waals surface area contributed by atoms with Crippen LogP contribution in [0.25, 0.3) is 0 Å². The molecule has 5 rings (SSSR count). The summed E-state index contributed by atoms with van der Waals surface area (Å²) >= 11 is 0. The molecule has 2 nitrogen and oxygen atoms in total. The lowest BCUT2D eigenvalue weighted by Gasteiger charge is -2.56. The van der Waals surface area contributed by atoms with Crippen LogP contribution in [0.4, 0.5) is 0 Å². The highest BCUT2D eigenvalue weighted by molar-refractivity contribution is 5.31. The zero-order valence-corrected chi connectivity index (χ0v) is 13.0. The fourth-order valence-electron chi connectivity index (χ4n) is 5.75. The molecule has 0 aromatic heterocycles. The molecule has 4 saturated carbocycles. The summed E-state index contributed by atoms with van der Waals surface area (Å²) in [7, 11) is 0. The summed E-state index contributed by atoms with van der Waals surface area (Å²) in [6.07, 6.45) is 7.27. The molecule has 0 aliphatic heterocycles. The minimum Gasteiger partial charge on any atom is -0.494 e. The van der Waals surface area contributed by atoms with Gasteiger partial charge in [-0.3, -0.25) is 0 Å². The van der Waals surface area contributed by atoms with E-state index in [-0.39, 0.29) is 6.04 Å². The van der Waals surface area contributed by atoms with Gasteiger partial charge in [0.1, 0.15) is 5.75 Å². The summed E-state index contributed by atoms with van der Waals surface area (Å²) in [6.45, 7) is 2.75. The Labute approximate surface area is 128 Å². The molecule has 0 radical (unpaired) electrons. The lowest BCUT2D eigenvalue weighted by Crippen LogP contribution is -2.48. The second kappa shape index (κ2) is 5.31. The lowest BCUT2D eigenvalue weighted by molar-refractivity contribution is -0.0471. The van der Waals surface area contributed by atoms with Gasteiger partial charge < -0.3 is 10.5 Å². The van der Waals surface area contributed by atoms with Crippen molar-refractivity contribution in [1.82, 2.24) is 0 Å². The first-order valence-electron chi connectivity index (χ1n) is 8.73. The SMILES string of the molecule is CCOc1cccc(C(N)C2C3CC4CC(C3)CC2C4)c1. The first-order valence-corrected chi connectivity index (χ1v) is 8.73. The van der Waals surface area contributed by atoms with Crippen molar-refractivity contribution in [3.63, 3.8) is 0 Å². The monoisotopic (exact) mass is 285 g/mol. The van der Waals surface area contributed by atoms with Crippen LogP contribution in [0.15, 0.2) is 24.3 Å². The number of hydrogen-bond acceptors (Lipinski definition) is 2. The lowest BCUT2D eigenvalue weighted by atomic mass is 9.50. The van der Waals surface area contributed by atoms with E-state index in [1.807, 2.05) is 13.0 Å². The van der Waals surface area contributed by atoms with Crippen LogP contribution in [0.2, 0.25) is 0 Å². The quantitative estimate of drug-likeness (QED) is 0.901. The topological polar surface area (TPSA) is 35.2 Å². The Balaban J connectivity index is 1.57. The molecule has 21 heavy (non-hydrogen) atoms. The third-order valence-corrected chi connectivity index (χ3v) is 6.27. The first kappa shape index (κ1) is 13.6. The Kier molecular flexibility index (Phi) is 3.45. The average molecular weight is 285 g/mol. The summed E-state index contributed by atoms with van der Waals surface area (Å²) < 4.78 is 5.65. The predicted molar refractivity (Wildman–Crippen MR) is 85.1 cm³/mol. The maximum Gasteiger partial charge on any atom is 0.119 e. The summed E-state index contributed by atoms with van der Waals surface area (Å²) in [4.78, 5) is 0. The van der Waals surface area contributed by atoms with Gasteiger partial charge in [-0.2, -0.15) is 0 Å². The van der Waals surface area contributed by atoms with Crippen molar-refractivity contribution in [2.45, 2.75) is 45.1 Å². The highest BCUT2D eigenvalue weighted by Gasteiger charge is 2.50. The average Bonchev–Trinajstić information content (AvgIpc) is 2.46. The van der Waals surface area contributed by atoms with Gasteiger partial charge in [-0.25, -0.2) is 0 Å². The van der Waals surface area contributed by atoms with Gasteiger partial charge >= 0.3 is 0 Å². The molecule has 1 unspecified atom stereocenters. The van der Waals surface area contributed by atoms with Gasteiger partial charge in [0, 0.05) is 6.04 Å². The molecule has 4 aliphatic carbocycles. The standard InChI is InChI=1S/C19H27NO/c1-2-21-17-5-3-4-14(11-17)19(20)18-15-7-12-6-13(9-15)10-16(18)8-12/h3-5,11-13,15-16,18-19H,2,6-10,20H2,1H3. The molecular formula is C19H27NO. The van der Waals surface area contributed by atoms with Gasteiger partial charge in [-0.05, 0) is 86.3 Å². The minimum atomic E-state index is 0.195. The maximum absolute atomic E-state index is 6.73. The first-order chi connectivity index (χ1) is 10.2. The largest absolute Gasteiger partial charge is 0.494 e. The van der Waals surface area contributed by atoms with E-state index in [0.29, 0.717) is 5.92 Å². The third kappa shape index (κ3) is 2.38. The third-order valence-electron chi connectivity index (χ3n) is 6.27. The molecule has 2 N–H and O–H groups in total. The van der Waals surface area contributed by atoms with Crippen molar-refractivity contribution >= 4 is 0 Å². The van der Waals surface area contributed by atoms with Crippen LogP contribution < -0.4 is 10.5 Å². The number of hydrogen-bond donors (Lipinski definition) is 1. The smallest absolute Gasteiger partial charge is 0.119 e. The highest BCUT2D eigenvalue weighted by atomic mass is 16.5. The van der Waals surface area contributed by atoms with Crippen LogP contribution >= 0.6 is 0 Å². The van der Waals surface area contributed by atoms with Gasteiger partial charge in [0.2, 0.25) is 0 Å². The zero-order valence-electron chi connectivity index (χ0n) is 13.0. The van der Waals surface area contributed by atoms with Gasteiger partial charge in [0.05, 0.1) is 6.61 Å². The molecule has 2 heteroatoms. The second-order valence-corrected chi connectivity index (χ2v) is 7.54. The highest BCUT2D eigenvalue weighted by Crippen LogP contribution is 2.58. The molecular weight excluding hydrogens is 258 g/mol. The van der Waals surface area contributed by atoms with Gasteiger partial charge in [0.25, 0.3) is 0 Å². The van der Waals surface area contributed by atoms with E-state index in [1.165, 1.54) is 37.7 Å². The van der Waals surface area contributed by atoms with Crippen molar-refractivity contribution in [2.24, 2.45) is 35.3 Å². The molecule has 4 bridgehead atoms. The molecule has 1 aromatic carbocycles. The Bertz CT molecular complexity index is 484. The molecule has 0 saturated heterocycles. The van der Waals surface area contributed by atoms with Crippen molar-refractivity contribution in [1.29, 1.82) is 0 Å². The fraction of sp³-hybridized carbons (Fsp3) is 0.684. The second-order valence-electron chi connectivity index (χ2n) is 7.54. The number of ether oxygens (including phenoxy) is 1. The van der Waals surface area contributed by atoms with E-state index in [0.717, 1.165) is 36.0 Å². The van der Waals surface area contributed by atoms with Crippen molar-refractivity contribution < 1.29 is 4.74 Å². The van der Waals surface area contributed by atoms with E-state index >= 15 is 0 Å². The van der Waals surface area contributed by atoms with Crippen LogP contribution in [0.5, 0.6) is 5.75 Å². The Hall–Kier alpha value is -1.02. The number of nitrogens with two attached hydrogens (primary N) is 1. The zero-order chi connectivity index (χ0) is 14.4. The molecule has 0 heterocycles. The Morgan fingerprint density at radius 3 is 2.38 bits per heavy atom. The number of rotatable bonds is 4. The molecule has 4 aliphatic rings. The van der Waals surface area contributed by atoms with Crippen LogP contribution in [-0.4, -0.2) is 6.61 Å². The van der Waals surface area contributed by atoms with Crippen LogP contribution in [0, 0.1) is 29.6 Å². The number of benzene rings is 1. The van der Waals surface area contributed by atoms with Crippen molar-refractivity contribution in [2.75, 3.05) is 6.61 Å². The molecule has 1 atom stereocenters. The van der Waals surface area contributed by atoms with E-state index in [2.05, 4.69) is 18.2 Å². The molecule has 0 amide bonds. The fourth-order valence-corrected chi connectivity index (χ4v) is 5.75. The van der Waals surface area contributed by atoms with E-state index < -0.39 is 0 Å². The Morgan fingerprint density at radius 2 is 1.76 bits per heavy atom. The van der Waals surface area contributed by atoms with Crippen LogP contribution in [0.3, 0.4) is 0 Å². The van der Waals surface area contributed by atoms with Gasteiger partial charge in [-0.15, -0.1) is 0 Å². The molecule has 114 valence electrons. The van der Waals surface area contributed by atoms with Gasteiger partial charge in [0.15, 0.2) is 0 Å². The summed E-state index contributed by atoms with van der Waals surface area (Å²) in [5, 5.41) is 0. The van der Waals surface area contributed by atoms with Gasteiger partial charge in [-0.1, -0.05) is 12.1 Å². The predicted octanol–water partition coefficient (Wildman–Crippen LogP) is 4.16. The molecule has 4 fully saturated rings. The van der Waals surface area contributed by atoms with E-state index in [4.69, 9.17) is 10.5 Å². The van der Waals surface area contributed by atoms with Crippen LogP contribution in [0.1, 0.15) is 50.6 Å². The summed E-state index contributed by atoms with van der Waals surface area (Å²) in [6, 6.07) is 8.69. The maximum atomic E-state index is 6.73. The van der Waals surface area contributed by atoms with Crippen molar-refractivity contribution in [3.05, 3.63) is 29.8 Å². The summed E-state index contributed by atoms with van der Waals surface area (Å²) in [5.41, 5.74) is 8.01. The normalized spacial score (nSPS) is 38.5.